The van der Waals surface area contributed by atoms with Crippen LogP contribution in [0.25, 0.3) is 11.3 Å². The molecule has 1 aliphatic carbocycles. The molecule has 0 unspecified atom stereocenters. The van der Waals surface area contributed by atoms with Gasteiger partial charge in [0.25, 0.3) is 11.8 Å². The Kier molecular flexibility index (Phi) is 6.14. The van der Waals surface area contributed by atoms with Crippen LogP contribution in [0.3, 0.4) is 0 Å². The Bertz CT molecular complexity index is 1460. The maximum Gasteiger partial charge on any atom is 0.273 e. The predicted molar refractivity (Wildman–Crippen MR) is 132 cm³/mol. The second kappa shape index (κ2) is 10.5. The summed E-state index contributed by atoms with van der Waals surface area (Å²) in [6.07, 6.45) is 1.47. The zero-order chi connectivity index (χ0) is 29.2. The Hall–Kier alpha value is -4.68. The van der Waals surface area contributed by atoms with Gasteiger partial charge >= 0.3 is 0 Å². The molecule has 37 heavy (non-hydrogen) atoms. The van der Waals surface area contributed by atoms with Crippen LogP contribution in [0.1, 0.15) is 37.9 Å². The molecule has 1 fully saturated rings. The lowest BCUT2D eigenvalue weighted by Crippen LogP contribution is -2.23. The van der Waals surface area contributed by atoms with Gasteiger partial charge in [0, 0.05) is 48.8 Å². The van der Waals surface area contributed by atoms with Crippen molar-refractivity contribution >= 4 is 34.9 Å². The molecule has 0 atom stereocenters. The molecule has 3 N–H and O–H groups in total. The molecule has 12 nitrogen and oxygen atoms in total. The van der Waals surface area contributed by atoms with Crippen LogP contribution >= 0.6 is 0 Å². The maximum atomic E-state index is 14.8. The van der Waals surface area contributed by atoms with Crippen molar-refractivity contribution in [3.63, 3.8) is 0 Å². The summed E-state index contributed by atoms with van der Waals surface area (Å²) in [5.41, 5.74) is -0.0749. The molecule has 0 aliphatic heterocycles. The number of amides is 3. The van der Waals surface area contributed by atoms with E-state index in [4.69, 9.17) is 8.85 Å². The third-order valence-corrected chi connectivity index (χ3v) is 5.41. The first-order chi connectivity index (χ1) is 18.9. The van der Waals surface area contributed by atoms with Crippen molar-refractivity contribution in [2.45, 2.75) is 12.8 Å². The van der Waals surface area contributed by atoms with E-state index in [0.717, 1.165) is 25.0 Å². The van der Waals surface area contributed by atoms with Gasteiger partial charge in [0.15, 0.2) is 23.0 Å². The quantitative estimate of drug-likeness (QED) is 0.413. The Labute approximate surface area is 215 Å². The first kappa shape index (κ1) is 21.6. The van der Waals surface area contributed by atoms with Crippen molar-refractivity contribution in [1.82, 2.24) is 30.6 Å². The van der Waals surface area contributed by atoms with Crippen molar-refractivity contribution in [3.05, 3.63) is 47.5 Å². The van der Waals surface area contributed by atoms with Crippen molar-refractivity contribution < 1.29 is 27.6 Å². The van der Waals surface area contributed by atoms with Crippen LogP contribution in [-0.4, -0.2) is 71.2 Å². The lowest BCUT2D eigenvalue weighted by atomic mass is 10.1. The van der Waals surface area contributed by atoms with Crippen LogP contribution in [0.4, 0.5) is 21.6 Å². The minimum absolute atomic E-state index is 0.00700. The first-order valence-corrected chi connectivity index (χ1v) is 11.1. The number of hydrogen-bond donors (Lipinski definition) is 3. The molecule has 1 aromatic carbocycles. The van der Waals surface area contributed by atoms with E-state index in [-0.39, 0.29) is 57.6 Å². The Morgan fingerprint density at radius 2 is 1.86 bits per heavy atom. The van der Waals surface area contributed by atoms with Crippen molar-refractivity contribution in [1.29, 1.82) is 0 Å². The third-order valence-electron chi connectivity index (χ3n) is 5.41. The summed E-state index contributed by atoms with van der Waals surface area (Å²) in [6, 6.07) is 6.40. The van der Waals surface area contributed by atoms with Gasteiger partial charge in [-0.05, 0) is 31.0 Å². The lowest BCUT2D eigenvalue weighted by molar-refractivity contribution is -0.117. The highest BCUT2D eigenvalue weighted by Crippen LogP contribution is 2.39. The SMILES string of the molecule is [2H]C([2H])([2H])NC(=O)c1nnc(NC(=O)C2CC2)cc1Nc1cc(F)cc(-c2ccc(C(=O)N(C)C)nn2)c1OC. The fourth-order valence-corrected chi connectivity index (χ4v) is 3.41. The molecule has 0 bridgehead atoms. The lowest BCUT2D eigenvalue weighted by Gasteiger charge is -2.17. The predicted octanol–water partition coefficient (Wildman–Crippen LogP) is 2.23. The van der Waals surface area contributed by atoms with Gasteiger partial charge < -0.3 is 25.6 Å². The number of aromatic nitrogens is 4. The van der Waals surface area contributed by atoms with Crippen molar-refractivity contribution in [3.8, 4) is 17.0 Å². The van der Waals surface area contributed by atoms with Gasteiger partial charge in [-0.2, -0.15) is 0 Å². The monoisotopic (exact) mass is 511 g/mol. The highest BCUT2D eigenvalue weighted by atomic mass is 19.1. The number of anilines is 3. The van der Waals surface area contributed by atoms with Crippen LogP contribution in [0.5, 0.6) is 5.75 Å². The molecule has 0 spiro atoms. The molecular weight excluding hydrogens is 483 g/mol. The third kappa shape index (κ3) is 5.60. The molecule has 1 saturated carbocycles. The average molecular weight is 512 g/mol. The molecule has 3 aromatic rings. The summed E-state index contributed by atoms with van der Waals surface area (Å²) < 4.78 is 42.4. The van der Waals surface area contributed by atoms with Gasteiger partial charge in [-0.15, -0.1) is 20.4 Å². The minimum Gasteiger partial charge on any atom is -0.494 e. The Morgan fingerprint density at radius 3 is 2.49 bits per heavy atom. The van der Waals surface area contributed by atoms with Gasteiger partial charge in [0.1, 0.15) is 5.82 Å². The van der Waals surface area contributed by atoms with Crippen LogP contribution in [0.15, 0.2) is 30.3 Å². The topological polar surface area (TPSA) is 151 Å². The van der Waals surface area contributed by atoms with E-state index in [9.17, 15) is 18.8 Å². The first-order valence-electron chi connectivity index (χ1n) is 12.6. The van der Waals surface area contributed by atoms with Crippen LogP contribution in [-0.2, 0) is 4.79 Å². The number of carbonyl (C=O) groups is 3. The van der Waals surface area contributed by atoms with Crippen molar-refractivity contribution in [2.75, 3.05) is 38.8 Å². The number of methoxy groups -OCH3 is 1. The molecule has 4 rings (SSSR count). The zero-order valence-electron chi connectivity index (χ0n) is 23.1. The smallest absolute Gasteiger partial charge is 0.273 e. The van der Waals surface area contributed by atoms with E-state index in [0.29, 0.717) is 0 Å². The fraction of sp³-hybridized carbons (Fsp3) is 0.292. The second-order valence-corrected chi connectivity index (χ2v) is 8.37. The maximum absolute atomic E-state index is 14.8. The summed E-state index contributed by atoms with van der Waals surface area (Å²) in [7, 11) is 4.46. The van der Waals surface area contributed by atoms with Gasteiger partial charge in [-0.3, -0.25) is 14.4 Å². The number of rotatable bonds is 8. The standard InChI is InChI=1S/C24H25FN8O4/c1-26-23(35)20-17(11-19(31-32-20)28-22(34)12-5-6-12)27-18-10-13(25)9-14(21(18)37-4)15-7-8-16(30-29-15)24(36)33(2)3/h7-12H,5-6H2,1-4H3,(H,26,35)(H2,27,28,31,34)/i1D3. The van der Waals surface area contributed by atoms with E-state index >= 15 is 0 Å². The number of benzene rings is 1. The number of ether oxygens (including phenoxy) is 1. The Balaban J connectivity index is 1.74. The zero-order valence-corrected chi connectivity index (χ0v) is 20.1. The van der Waals surface area contributed by atoms with Gasteiger partial charge in [0.2, 0.25) is 5.91 Å². The molecule has 2 heterocycles. The number of hydrogen-bond acceptors (Lipinski definition) is 9. The highest BCUT2D eigenvalue weighted by molar-refractivity contribution is 6.00. The molecule has 13 heteroatoms. The van der Waals surface area contributed by atoms with E-state index in [1.165, 1.54) is 30.2 Å². The highest BCUT2D eigenvalue weighted by Gasteiger charge is 2.30. The Morgan fingerprint density at radius 1 is 1.08 bits per heavy atom. The molecule has 3 amide bonds. The summed E-state index contributed by atoms with van der Waals surface area (Å²) in [5.74, 6) is -2.52. The number of nitrogens with one attached hydrogen (secondary N) is 3. The molecule has 0 saturated heterocycles. The van der Waals surface area contributed by atoms with Gasteiger partial charge in [-0.25, -0.2) is 4.39 Å². The van der Waals surface area contributed by atoms with E-state index < -0.39 is 24.4 Å². The average Bonchev–Trinajstić information content (AvgIpc) is 3.73. The van der Waals surface area contributed by atoms with Crippen LogP contribution in [0.2, 0.25) is 0 Å². The van der Waals surface area contributed by atoms with E-state index in [1.807, 2.05) is 5.32 Å². The molecule has 1 aliphatic rings. The van der Waals surface area contributed by atoms with E-state index in [2.05, 4.69) is 31.0 Å². The minimum atomic E-state index is -2.82. The van der Waals surface area contributed by atoms with E-state index in [1.54, 1.807) is 14.1 Å². The van der Waals surface area contributed by atoms with Gasteiger partial charge in [0.05, 0.1) is 24.2 Å². The number of carbonyl (C=O) groups excluding carboxylic acids is 3. The molecule has 2 aromatic heterocycles. The van der Waals surface area contributed by atoms with Crippen molar-refractivity contribution in [2.24, 2.45) is 5.92 Å². The number of halogens is 1. The van der Waals surface area contributed by atoms with Crippen LogP contribution < -0.4 is 20.7 Å². The number of nitrogens with zero attached hydrogens (tertiary/aromatic N) is 5. The summed E-state index contributed by atoms with van der Waals surface area (Å²) >= 11 is 0. The largest absolute Gasteiger partial charge is 0.494 e. The summed E-state index contributed by atoms with van der Waals surface area (Å²) in [6.45, 7) is -2.82. The van der Waals surface area contributed by atoms with Crippen LogP contribution in [0, 0.1) is 11.7 Å². The second-order valence-electron chi connectivity index (χ2n) is 8.37. The normalized spacial score (nSPS) is 14.0. The fourth-order valence-electron chi connectivity index (χ4n) is 3.41. The van der Waals surface area contributed by atoms with Gasteiger partial charge in [-0.1, -0.05) is 0 Å². The molecule has 0 radical (unpaired) electrons. The summed E-state index contributed by atoms with van der Waals surface area (Å²) in [4.78, 5) is 38.4. The summed E-state index contributed by atoms with van der Waals surface area (Å²) in [5, 5.41) is 22.8. The molecule has 192 valence electrons. The molecular formula is C24H25FN8O4.